The van der Waals surface area contributed by atoms with Crippen LogP contribution in [-0.4, -0.2) is 105 Å². The lowest BCUT2D eigenvalue weighted by Crippen LogP contribution is -2.62. The van der Waals surface area contributed by atoms with E-state index in [1.807, 2.05) is 0 Å². The van der Waals surface area contributed by atoms with Crippen LogP contribution in [-0.2, 0) is 28.5 Å². The highest BCUT2D eigenvalue weighted by Crippen LogP contribution is 2.26. The van der Waals surface area contributed by atoms with Gasteiger partial charge in [0.2, 0.25) is 0 Å². The van der Waals surface area contributed by atoms with Gasteiger partial charge in [0.1, 0.15) is 31.4 Å². The summed E-state index contributed by atoms with van der Waals surface area (Å²) in [4.78, 5) is 21.9. The molecule has 0 radical (unpaired) electrons. The number of quaternary nitrogens is 1. The average Bonchev–Trinajstić information content (AvgIpc) is 2.46. The van der Waals surface area contributed by atoms with E-state index in [2.05, 4.69) is 0 Å². The fourth-order valence-corrected chi connectivity index (χ4v) is 2.52. The van der Waals surface area contributed by atoms with Crippen molar-refractivity contribution >= 4 is 11.9 Å². The Morgan fingerprint density at radius 3 is 2.29 bits per heavy atom. The van der Waals surface area contributed by atoms with Crippen molar-refractivity contribution in [3.05, 3.63) is 0 Å². The van der Waals surface area contributed by atoms with Gasteiger partial charge in [-0.25, -0.2) is 4.79 Å². The number of carbonyl (C=O) groups excluding carboxylic acids is 1. The van der Waals surface area contributed by atoms with E-state index in [1.54, 1.807) is 14.1 Å². The van der Waals surface area contributed by atoms with Gasteiger partial charge in [0.25, 0.3) is 0 Å². The number of aliphatic carboxylic acids is 2. The topological polar surface area (TPSA) is 135 Å². The van der Waals surface area contributed by atoms with Crippen molar-refractivity contribution in [3.63, 3.8) is 0 Å². The molecule has 140 valence electrons. The second-order valence-electron chi connectivity index (χ2n) is 6.21. The molecule has 0 bridgehead atoms. The lowest BCUT2D eigenvalue weighted by molar-refractivity contribution is -0.885. The second-order valence-corrected chi connectivity index (χ2v) is 6.21. The third-order valence-electron chi connectivity index (χ3n) is 3.83. The normalized spacial score (nSPS) is 31.0. The molecule has 2 N–H and O–H groups in total. The van der Waals surface area contributed by atoms with Crippen LogP contribution in [0.1, 0.15) is 0 Å². The number of carbonyl (C=O) groups is 2. The molecule has 0 aromatic heterocycles. The number of nitrogens with zero attached hydrogens (tertiary/aromatic N) is 1. The molecule has 1 heterocycles. The zero-order valence-electron chi connectivity index (χ0n) is 14.2. The Balaban J connectivity index is 2.71. The summed E-state index contributed by atoms with van der Waals surface area (Å²) in [6.07, 6.45) is -5.86. The van der Waals surface area contributed by atoms with Gasteiger partial charge >= 0.3 is 5.97 Å². The maximum Gasteiger partial charge on any atom is 0.335 e. The monoisotopic (exact) mass is 351 g/mol. The summed E-state index contributed by atoms with van der Waals surface area (Å²) in [6, 6.07) is 0. The lowest BCUT2D eigenvalue weighted by Gasteiger charge is -2.42. The second kappa shape index (κ2) is 8.70. The van der Waals surface area contributed by atoms with Crippen molar-refractivity contribution in [1.29, 1.82) is 0 Å². The summed E-state index contributed by atoms with van der Waals surface area (Å²) in [5.41, 5.74) is 0. The number of ether oxygens (including phenoxy) is 4. The van der Waals surface area contributed by atoms with Gasteiger partial charge in [-0.1, -0.05) is 0 Å². The number of rotatable bonds is 9. The first-order valence-corrected chi connectivity index (χ1v) is 7.38. The number of aliphatic hydroxyl groups is 1. The first kappa shape index (κ1) is 20.7. The predicted octanol–water partition coefficient (Wildman–Crippen LogP) is -2.97. The first-order chi connectivity index (χ1) is 11.1. The maximum atomic E-state index is 11.2. The fraction of sp³-hybridized carbons (Fsp3) is 0.857. The van der Waals surface area contributed by atoms with Crippen LogP contribution in [0.3, 0.4) is 0 Å². The smallest absolute Gasteiger partial charge is 0.335 e. The highest BCUT2D eigenvalue weighted by atomic mass is 16.7. The molecule has 0 aliphatic carbocycles. The van der Waals surface area contributed by atoms with Gasteiger partial charge in [-0.2, -0.15) is 0 Å². The summed E-state index contributed by atoms with van der Waals surface area (Å²) >= 11 is 0. The van der Waals surface area contributed by atoms with Crippen molar-refractivity contribution in [2.75, 3.05) is 48.0 Å². The number of hydrogen-bond acceptors (Lipinski definition) is 8. The zero-order chi connectivity index (χ0) is 18.5. The Morgan fingerprint density at radius 2 is 1.83 bits per heavy atom. The van der Waals surface area contributed by atoms with E-state index in [9.17, 15) is 19.8 Å². The van der Waals surface area contributed by atoms with Gasteiger partial charge in [0.05, 0.1) is 26.7 Å². The zero-order valence-corrected chi connectivity index (χ0v) is 14.2. The Kier molecular flexibility index (Phi) is 7.52. The molecule has 5 atom stereocenters. The van der Waals surface area contributed by atoms with Crippen molar-refractivity contribution in [2.24, 2.45) is 0 Å². The molecule has 1 aliphatic heterocycles. The molecule has 24 heavy (non-hydrogen) atoms. The molecule has 1 aliphatic rings. The van der Waals surface area contributed by atoms with Gasteiger partial charge in [-0.15, -0.1) is 0 Å². The number of carboxylic acids is 2. The standard InChI is InChI=1S/C14H25NO9/c1-15(2,7-8(16)17)5-6-23-11-9(18)10(21-3)12(13(19)20)24-14(11)22-4/h9-12,14,18H,5-7H2,1-4H3,(H-,16,17,19,20)/t9-,10-,11+,12?,14?/m0/s1. The molecule has 1 fully saturated rings. The van der Waals surface area contributed by atoms with Crippen molar-refractivity contribution in [2.45, 2.75) is 30.7 Å². The van der Waals surface area contributed by atoms with E-state index in [1.165, 1.54) is 14.2 Å². The minimum Gasteiger partial charge on any atom is -0.544 e. The van der Waals surface area contributed by atoms with Gasteiger partial charge in [-0.3, -0.25) is 0 Å². The van der Waals surface area contributed by atoms with Crippen LogP contribution >= 0.6 is 0 Å². The number of aliphatic hydroxyl groups excluding tert-OH is 1. The van der Waals surface area contributed by atoms with E-state index in [4.69, 9.17) is 24.1 Å². The summed E-state index contributed by atoms with van der Waals surface area (Å²) < 4.78 is 21.1. The summed E-state index contributed by atoms with van der Waals surface area (Å²) in [5, 5.41) is 30.2. The molecular weight excluding hydrogens is 326 g/mol. The SMILES string of the molecule is COC1OC(C(=O)O)[C@@H](OC)[C@H](O)[C@H]1OCC[N+](C)(C)CC(=O)[O-]. The molecule has 10 heteroatoms. The molecule has 0 amide bonds. The first-order valence-electron chi connectivity index (χ1n) is 7.38. The van der Waals surface area contributed by atoms with Crippen molar-refractivity contribution < 1.29 is 48.3 Å². The predicted molar refractivity (Wildman–Crippen MR) is 76.7 cm³/mol. The lowest BCUT2D eigenvalue weighted by atomic mass is 9.98. The molecule has 10 nitrogen and oxygen atoms in total. The third kappa shape index (κ3) is 5.36. The van der Waals surface area contributed by atoms with E-state index in [-0.39, 0.29) is 17.6 Å². The number of likely N-dealkylation sites (N-methyl/N-ethyl adjacent to an activating group) is 1. The minimum absolute atomic E-state index is 0.0966. The maximum absolute atomic E-state index is 11.2. The van der Waals surface area contributed by atoms with E-state index < -0.39 is 42.6 Å². The van der Waals surface area contributed by atoms with E-state index in [0.717, 1.165) is 0 Å². The fourth-order valence-electron chi connectivity index (χ4n) is 2.52. The molecule has 0 aromatic rings. The van der Waals surface area contributed by atoms with Crippen LogP contribution in [0.2, 0.25) is 0 Å². The molecular formula is C14H25NO9. The Morgan fingerprint density at radius 1 is 1.21 bits per heavy atom. The molecule has 0 aromatic carbocycles. The van der Waals surface area contributed by atoms with Gasteiger partial charge in [0.15, 0.2) is 12.4 Å². The molecule has 1 rings (SSSR count). The van der Waals surface area contributed by atoms with Crippen LogP contribution < -0.4 is 5.11 Å². The van der Waals surface area contributed by atoms with Crippen LogP contribution in [0.25, 0.3) is 0 Å². The summed E-state index contributed by atoms with van der Waals surface area (Å²) in [7, 11) is 5.95. The number of hydrogen-bond donors (Lipinski definition) is 2. The molecule has 1 saturated heterocycles. The van der Waals surface area contributed by atoms with Crippen LogP contribution in [0, 0.1) is 0 Å². The van der Waals surface area contributed by atoms with Crippen LogP contribution in [0.15, 0.2) is 0 Å². The third-order valence-corrected chi connectivity index (χ3v) is 3.83. The van der Waals surface area contributed by atoms with E-state index >= 15 is 0 Å². The largest absolute Gasteiger partial charge is 0.544 e. The summed E-state index contributed by atoms with van der Waals surface area (Å²) in [5.74, 6) is -2.47. The van der Waals surface area contributed by atoms with Gasteiger partial charge in [-0.05, 0) is 0 Å². The van der Waals surface area contributed by atoms with Crippen LogP contribution in [0.4, 0.5) is 0 Å². The Labute approximate surface area is 140 Å². The van der Waals surface area contributed by atoms with Crippen LogP contribution in [0.5, 0.6) is 0 Å². The molecule has 2 unspecified atom stereocenters. The van der Waals surface area contributed by atoms with Gasteiger partial charge in [0, 0.05) is 14.2 Å². The quantitative estimate of drug-likeness (QED) is 0.417. The number of methoxy groups -OCH3 is 2. The van der Waals surface area contributed by atoms with Crippen molar-refractivity contribution in [3.8, 4) is 0 Å². The Hall–Kier alpha value is -1.30. The molecule has 0 saturated carbocycles. The number of carboxylic acid groups (broad SMARTS) is 2. The van der Waals surface area contributed by atoms with Gasteiger partial charge < -0.3 is 43.5 Å². The highest BCUT2D eigenvalue weighted by molar-refractivity contribution is 5.73. The summed E-state index contributed by atoms with van der Waals surface area (Å²) in [6.45, 7) is 0.232. The highest BCUT2D eigenvalue weighted by Gasteiger charge is 2.49. The van der Waals surface area contributed by atoms with E-state index in [0.29, 0.717) is 6.54 Å². The minimum atomic E-state index is -1.39. The van der Waals surface area contributed by atoms with Crippen molar-refractivity contribution in [1.82, 2.24) is 0 Å². The Bertz CT molecular complexity index is 442. The average molecular weight is 351 g/mol. The molecule has 0 spiro atoms.